The van der Waals surface area contributed by atoms with Crippen molar-refractivity contribution in [3.05, 3.63) is 65.5 Å². The largest absolute Gasteiger partial charge is 0.263 e. The van der Waals surface area contributed by atoms with Gasteiger partial charge in [0.15, 0.2) is 5.65 Å². The van der Waals surface area contributed by atoms with Crippen LogP contribution in [0.3, 0.4) is 0 Å². The van der Waals surface area contributed by atoms with E-state index in [0.29, 0.717) is 0 Å². The molecule has 0 radical (unpaired) electrons. The Morgan fingerprint density at radius 1 is 1.00 bits per heavy atom. The molecule has 0 unspecified atom stereocenters. The number of nitrogens with zero attached hydrogens (tertiary/aromatic N) is 4. The quantitative estimate of drug-likeness (QED) is 0.506. The SMILES string of the molecule is CCn1ncc2c(-c3cncc(Br)c3)cc(-c3ccccc3)nc21. The zero-order valence-electron chi connectivity index (χ0n) is 13.1. The van der Waals surface area contributed by atoms with Crippen molar-refractivity contribution in [2.45, 2.75) is 13.5 Å². The van der Waals surface area contributed by atoms with Crippen LogP contribution in [0.4, 0.5) is 0 Å². The first-order chi connectivity index (χ1) is 11.8. The van der Waals surface area contributed by atoms with Crippen LogP contribution in [0, 0.1) is 0 Å². The van der Waals surface area contributed by atoms with E-state index in [-0.39, 0.29) is 0 Å². The lowest BCUT2D eigenvalue weighted by molar-refractivity contribution is 0.677. The maximum atomic E-state index is 4.85. The van der Waals surface area contributed by atoms with Crippen molar-refractivity contribution in [2.75, 3.05) is 0 Å². The van der Waals surface area contributed by atoms with E-state index in [1.807, 2.05) is 35.3 Å². The molecule has 4 nitrogen and oxygen atoms in total. The summed E-state index contributed by atoms with van der Waals surface area (Å²) in [5, 5.41) is 5.52. The number of hydrogen-bond donors (Lipinski definition) is 0. The summed E-state index contributed by atoms with van der Waals surface area (Å²) in [7, 11) is 0. The molecule has 118 valence electrons. The number of aryl methyl sites for hydroxylation is 1. The summed E-state index contributed by atoms with van der Waals surface area (Å²) in [6, 6.07) is 14.4. The summed E-state index contributed by atoms with van der Waals surface area (Å²) >= 11 is 3.51. The first-order valence-electron chi connectivity index (χ1n) is 7.79. The van der Waals surface area contributed by atoms with Gasteiger partial charge in [-0.15, -0.1) is 0 Å². The van der Waals surface area contributed by atoms with Crippen LogP contribution in [0.25, 0.3) is 33.4 Å². The second-order valence-corrected chi connectivity index (χ2v) is 6.43. The van der Waals surface area contributed by atoms with Gasteiger partial charge in [-0.2, -0.15) is 5.10 Å². The summed E-state index contributed by atoms with van der Waals surface area (Å²) < 4.78 is 2.88. The molecule has 0 aliphatic carbocycles. The van der Waals surface area contributed by atoms with Gasteiger partial charge in [0.25, 0.3) is 0 Å². The Hall–Kier alpha value is -2.53. The van der Waals surface area contributed by atoms with Crippen molar-refractivity contribution in [1.29, 1.82) is 0 Å². The van der Waals surface area contributed by atoms with Crippen LogP contribution in [-0.4, -0.2) is 19.7 Å². The van der Waals surface area contributed by atoms with E-state index in [9.17, 15) is 0 Å². The molecule has 3 heterocycles. The van der Waals surface area contributed by atoms with Gasteiger partial charge in [-0.25, -0.2) is 9.67 Å². The summed E-state index contributed by atoms with van der Waals surface area (Å²) in [5.41, 5.74) is 5.06. The van der Waals surface area contributed by atoms with E-state index < -0.39 is 0 Å². The summed E-state index contributed by atoms with van der Waals surface area (Å²) in [6.45, 7) is 2.86. The maximum absolute atomic E-state index is 4.85. The van der Waals surface area contributed by atoms with Crippen LogP contribution in [0.5, 0.6) is 0 Å². The number of pyridine rings is 2. The number of hydrogen-bond acceptors (Lipinski definition) is 3. The highest BCUT2D eigenvalue weighted by molar-refractivity contribution is 9.10. The summed E-state index contributed by atoms with van der Waals surface area (Å²) in [5.74, 6) is 0. The Kier molecular flexibility index (Phi) is 3.86. The van der Waals surface area contributed by atoms with E-state index in [4.69, 9.17) is 4.98 Å². The number of halogens is 1. The molecule has 0 aliphatic heterocycles. The molecule has 0 atom stereocenters. The molecule has 0 saturated carbocycles. The lowest BCUT2D eigenvalue weighted by Gasteiger charge is -2.09. The molecular formula is C19H15BrN4. The number of fused-ring (bicyclic) bond motifs is 1. The van der Waals surface area contributed by atoms with Gasteiger partial charge < -0.3 is 0 Å². The normalized spacial score (nSPS) is 11.1. The fourth-order valence-corrected chi connectivity index (χ4v) is 3.20. The number of benzene rings is 1. The second-order valence-electron chi connectivity index (χ2n) is 5.51. The first-order valence-corrected chi connectivity index (χ1v) is 8.58. The molecule has 0 spiro atoms. The molecular weight excluding hydrogens is 364 g/mol. The fraction of sp³-hybridized carbons (Fsp3) is 0.105. The van der Waals surface area contributed by atoms with E-state index in [0.717, 1.165) is 44.4 Å². The van der Waals surface area contributed by atoms with Gasteiger partial charge in [-0.05, 0) is 40.5 Å². The first kappa shape index (κ1) is 15.0. The lowest BCUT2D eigenvalue weighted by atomic mass is 10.0. The number of rotatable bonds is 3. The standard InChI is InChI=1S/C19H15BrN4/c1-2-24-19-17(12-22-24)16(14-8-15(20)11-21-10-14)9-18(23-19)13-6-4-3-5-7-13/h3-12H,2H2,1H3. The van der Waals surface area contributed by atoms with Crippen LogP contribution in [0.15, 0.2) is 65.5 Å². The van der Waals surface area contributed by atoms with Gasteiger partial charge in [-0.3, -0.25) is 4.98 Å². The predicted molar refractivity (Wildman–Crippen MR) is 99.6 cm³/mol. The Labute approximate surface area is 148 Å². The molecule has 0 saturated heterocycles. The maximum Gasteiger partial charge on any atom is 0.159 e. The molecule has 4 rings (SSSR count). The molecule has 24 heavy (non-hydrogen) atoms. The average Bonchev–Trinajstić information content (AvgIpc) is 3.04. The molecule has 4 aromatic rings. The average molecular weight is 379 g/mol. The molecule has 0 bridgehead atoms. The molecule has 5 heteroatoms. The zero-order chi connectivity index (χ0) is 16.5. The molecule has 0 N–H and O–H groups in total. The molecule has 0 fully saturated rings. The van der Waals surface area contributed by atoms with E-state index >= 15 is 0 Å². The third-order valence-electron chi connectivity index (χ3n) is 3.99. The van der Waals surface area contributed by atoms with Gasteiger partial charge >= 0.3 is 0 Å². The summed E-state index contributed by atoms with van der Waals surface area (Å²) in [6.07, 6.45) is 5.55. The van der Waals surface area contributed by atoms with Crippen molar-refractivity contribution in [3.8, 4) is 22.4 Å². The van der Waals surface area contributed by atoms with Crippen LogP contribution >= 0.6 is 15.9 Å². The van der Waals surface area contributed by atoms with Gasteiger partial charge in [0, 0.05) is 39.9 Å². The van der Waals surface area contributed by atoms with Crippen molar-refractivity contribution < 1.29 is 0 Å². The van der Waals surface area contributed by atoms with Crippen LogP contribution in [-0.2, 0) is 6.54 Å². The van der Waals surface area contributed by atoms with Crippen LogP contribution < -0.4 is 0 Å². The highest BCUT2D eigenvalue weighted by atomic mass is 79.9. The molecule has 0 aliphatic rings. The lowest BCUT2D eigenvalue weighted by Crippen LogP contribution is -1.98. The smallest absolute Gasteiger partial charge is 0.159 e. The highest BCUT2D eigenvalue weighted by Crippen LogP contribution is 2.32. The monoisotopic (exact) mass is 378 g/mol. The van der Waals surface area contributed by atoms with Gasteiger partial charge in [0.1, 0.15) is 0 Å². The Balaban J connectivity index is 2.03. The Morgan fingerprint density at radius 2 is 1.83 bits per heavy atom. The number of aromatic nitrogens is 4. The van der Waals surface area contributed by atoms with Crippen molar-refractivity contribution in [2.24, 2.45) is 0 Å². The third-order valence-corrected chi connectivity index (χ3v) is 4.43. The van der Waals surface area contributed by atoms with Gasteiger partial charge in [0.05, 0.1) is 11.9 Å². The molecule has 0 amide bonds. The summed E-state index contributed by atoms with van der Waals surface area (Å²) in [4.78, 5) is 9.16. The van der Waals surface area contributed by atoms with Gasteiger partial charge in [-0.1, -0.05) is 30.3 Å². The molecule has 1 aromatic carbocycles. The predicted octanol–water partition coefficient (Wildman–Crippen LogP) is 4.94. The fourth-order valence-electron chi connectivity index (χ4n) is 2.83. The minimum Gasteiger partial charge on any atom is -0.263 e. The Bertz CT molecular complexity index is 1010. The third kappa shape index (κ3) is 2.61. The van der Waals surface area contributed by atoms with E-state index in [1.165, 1.54) is 0 Å². The van der Waals surface area contributed by atoms with Crippen molar-refractivity contribution >= 4 is 27.0 Å². The van der Waals surface area contributed by atoms with Gasteiger partial charge in [0.2, 0.25) is 0 Å². The van der Waals surface area contributed by atoms with Crippen molar-refractivity contribution in [3.63, 3.8) is 0 Å². The zero-order valence-corrected chi connectivity index (χ0v) is 14.7. The minimum atomic E-state index is 0.783. The second kappa shape index (κ2) is 6.17. The van der Waals surface area contributed by atoms with Crippen LogP contribution in [0.1, 0.15) is 6.92 Å². The molecule has 3 aromatic heterocycles. The van der Waals surface area contributed by atoms with Crippen molar-refractivity contribution in [1.82, 2.24) is 19.7 Å². The van der Waals surface area contributed by atoms with E-state index in [2.05, 4.69) is 57.2 Å². The minimum absolute atomic E-state index is 0.783. The van der Waals surface area contributed by atoms with E-state index in [1.54, 1.807) is 6.20 Å². The van der Waals surface area contributed by atoms with Crippen LogP contribution in [0.2, 0.25) is 0 Å². The Morgan fingerprint density at radius 3 is 2.58 bits per heavy atom. The highest BCUT2D eigenvalue weighted by Gasteiger charge is 2.13. The topological polar surface area (TPSA) is 43.6 Å².